The van der Waals surface area contributed by atoms with E-state index in [1.165, 1.54) is 4.88 Å². The Morgan fingerprint density at radius 1 is 1.50 bits per heavy atom. The van der Waals surface area contributed by atoms with E-state index in [1.54, 1.807) is 11.3 Å². The third-order valence-electron chi connectivity index (χ3n) is 1.64. The molecular weight excluding hydrogens is 170 g/mol. The Hall–Kier alpha value is -1.35. The summed E-state index contributed by atoms with van der Waals surface area (Å²) < 4.78 is 0. The zero-order chi connectivity index (χ0) is 8.39. The van der Waals surface area contributed by atoms with Crippen LogP contribution in [0.1, 0.15) is 10.5 Å². The quantitative estimate of drug-likeness (QED) is 0.702. The first-order valence-corrected chi connectivity index (χ1v) is 4.45. The van der Waals surface area contributed by atoms with Gasteiger partial charge in [-0.2, -0.15) is 0 Å². The van der Waals surface area contributed by atoms with Crippen LogP contribution in [0.2, 0.25) is 0 Å². The highest BCUT2D eigenvalue weighted by Gasteiger charge is 2.00. The molecule has 0 saturated heterocycles. The number of carbonyl (C=O) groups excluding carboxylic acids is 1. The van der Waals surface area contributed by atoms with Gasteiger partial charge in [0.1, 0.15) is 0 Å². The van der Waals surface area contributed by atoms with Gasteiger partial charge in [0.2, 0.25) is 0 Å². The maximum atomic E-state index is 10.4. The van der Waals surface area contributed by atoms with E-state index in [2.05, 4.69) is 4.98 Å². The van der Waals surface area contributed by atoms with Gasteiger partial charge in [-0.15, -0.1) is 11.3 Å². The highest BCUT2D eigenvalue weighted by molar-refractivity contribution is 7.13. The summed E-state index contributed by atoms with van der Waals surface area (Å²) in [6.07, 6.45) is 2.66. The second-order valence-electron chi connectivity index (χ2n) is 2.44. The first-order chi connectivity index (χ1) is 5.90. The van der Waals surface area contributed by atoms with E-state index in [0.717, 1.165) is 11.8 Å². The molecule has 0 bridgehead atoms. The van der Waals surface area contributed by atoms with Crippen molar-refractivity contribution in [3.63, 3.8) is 0 Å². The smallest absolute Gasteiger partial charge is 0.166 e. The van der Waals surface area contributed by atoms with Crippen LogP contribution in [0.15, 0.2) is 29.8 Å². The predicted octanol–water partition coefficient (Wildman–Crippen LogP) is 2.56. The lowest BCUT2D eigenvalue weighted by atomic mass is 10.3. The SMILES string of the molecule is O=Cc1cc(-c2cccs2)c[nH]1. The van der Waals surface area contributed by atoms with Crippen LogP contribution in [0.3, 0.4) is 0 Å². The molecule has 2 nitrogen and oxygen atoms in total. The van der Waals surface area contributed by atoms with Gasteiger partial charge in [-0.3, -0.25) is 4.79 Å². The van der Waals surface area contributed by atoms with Crippen molar-refractivity contribution in [2.24, 2.45) is 0 Å². The van der Waals surface area contributed by atoms with Gasteiger partial charge in [0, 0.05) is 16.6 Å². The van der Waals surface area contributed by atoms with E-state index in [1.807, 2.05) is 29.8 Å². The molecule has 0 aliphatic heterocycles. The third-order valence-corrected chi connectivity index (χ3v) is 2.56. The van der Waals surface area contributed by atoms with Gasteiger partial charge >= 0.3 is 0 Å². The molecule has 0 aromatic carbocycles. The molecule has 0 amide bonds. The van der Waals surface area contributed by atoms with Crippen LogP contribution in [0.25, 0.3) is 10.4 Å². The normalized spacial score (nSPS) is 10.0. The van der Waals surface area contributed by atoms with E-state index in [9.17, 15) is 4.79 Å². The maximum Gasteiger partial charge on any atom is 0.166 e. The Balaban J connectivity index is 2.41. The summed E-state index contributed by atoms with van der Waals surface area (Å²) in [5, 5.41) is 2.02. The van der Waals surface area contributed by atoms with Crippen molar-refractivity contribution >= 4 is 17.6 Å². The second-order valence-corrected chi connectivity index (χ2v) is 3.39. The van der Waals surface area contributed by atoms with Crippen LogP contribution in [-0.4, -0.2) is 11.3 Å². The molecule has 2 rings (SSSR count). The summed E-state index contributed by atoms with van der Waals surface area (Å²) in [5.74, 6) is 0. The van der Waals surface area contributed by atoms with E-state index in [0.29, 0.717) is 5.69 Å². The molecule has 3 heteroatoms. The number of rotatable bonds is 2. The van der Waals surface area contributed by atoms with Crippen molar-refractivity contribution in [3.05, 3.63) is 35.5 Å². The molecule has 2 aromatic heterocycles. The fourth-order valence-corrected chi connectivity index (χ4v) is 1.78. The molecule has 0 atom stereocenters. The summed E-state index contributed by atoms with van der Waals surface area (Å²) in [5.41, 5.74) is 1.70. The molecule has 1 N–H and O–H groups in total. The molecule has 12 heavy (non-hydrogen) atoms. The van der Waals surface area contributed by atoms with Crippen molar-refractivity contribution in [1.29, 1.82) is 0 Å². The van der Waals surface area contributed by atoms with Crippen LogP contribution in [0.5, 0.6) is 0 Å². The van der Waals surface area contributed by atoms with E-state index >= 15 is 0 Å². The van der Waals surface area contributed by atoms with Gasteiger partial charge in [-0.05, 0) is 17.5 Å². The second kappa shape index (κ2) is 2.95. The van der Waals surface area contributed by atoms with E-state index in [-0.39, 0.29) is 0 Å². The maximum absolute atomic E-state index is 10.4. The number of hydrogen-bond acceptors (Lipinski definition) is 2. The third kappa shape index (κ3) is 1.19. The predicted molar refractivity (Wildman–Crippen MR) is 49.5 cm³/mol. The molecule has 2 aromatic rings. The summed E-state index contributed by atoms with van der Waals surface area (Å²) in [6.45, 7) is 0. The number of aromatic nitrogens is 1. The Kier molecular flexibility index (Phi) is 1.80. The molecule has 0 saturated carbocycles. The standard InChI is InChI=1S/C9H7NOS/c11-6-8-4-7(5-10-8)9-2-1-3-12-9/h1-6,10H. The number of thiophene rings is 1. The van der Waals surface area contributed by atoms with E-state index < -0.39 is 0 Å². The Labute approximate surface area is 73.9 Å². The highest BCUT2D eigenvalue weighted by Crippen LogP contribution is 2.24. The average molecular weight is 177 g/mol. The Morgan fingerprint density at radius 2 is 2.42 bits per heavy atom. The zero-order valence-corrected chi connectivity index (χ0v) is 7.10. The molecular formula is C9H7NOS. The first kappa shape index (κ1) is 7.31. The summed E-state index contributed by atoms with van der Waals surface area (Å²) in [4.78, 5) is 14.4. The Bertz CT molecular complexity index is 375. The largest absolute Gasteiger partial charge is 0.358 e. The monoisotopic (exact) mass is 177 g/mol. The minimum atomic E-state index is 0.624. The van der Waals surface area contributed by atoms with Gasteiger partial charge in [0.05, 0.1) is 5.69 Å². The van der Waals surface area contributed by atoms with Crippen LogP contribution in [0.4, 0.5) is 0 Å². The van der Waals surface area contributed by atoms with Gasteiger partial charge in [0.15, 0.2) is 6.29 Å². The topological polar surface area (TPSA) is 32.9 Å². The van der Waals surface area contributed by atoms with Crippen molar-refractivity contribution in [3.8, 4) is 10.4 Å². The molecule has 60 valence electrons. The molecule has 0 spiro atoms. The highest BCUT2D eigenvalue weighted by atomic mass is 32.1. The number of hydrogen-bond donors (Lipinski definition) is 1. The summed E-state index contributed by atoms with van der Waals surface area (Å²) >= 11 is 1.66. The minimum Gasteiger partial charge on any atom is -0.358 e. The lowest BCUT2D eigenvalue weighted by Crippen LogP contribution is -1.72. The average Bonchev–Trinajstić information content (AvgIpc) is 2.75. The molecule has 0 aliphatic carbocycles. The molecule has 0 radical (unpaired) electrons. The van der Waals surface area contributed by atoms with Crippen molar-refractivity contribution in [2.75, 3.05) is 0 Å². The van der Waals surface area contributed by atoms with Crippen LogP contribution in [-0.2, 0) is 0 Å². The molecule has 0 unspecified atom stereocenters. The van der Waals surface area contributed by atoms with Crippen LogP contribution >= 0.6 is 11.3 Å². The van der Waals surface area contributed by atoms with Crippen LogP contribution < -0.4 is 0 Å². The number of nitrogens with one attached hydrogen (secondary N) is 1. The fraction of sp³-hybridized carbons (Fsp3) is 0. The Morgan fingerprint density at radius 3 is 3.00 bits per heavy atom. The minimum absolute atomic E-state index is 0.624. The first-order valence-electron chi connectivity index (χ1n) is 3.57. The van der Waals surface area contributed by atoms with Crippen molar-refractivity contribution in [2.45, 2.75) is 0 Å². The van der Waals surface area contributed by atoms with Gasteiger partial charge in [0.25, 0.3) is 0 Å². The number of aldehydes is 1. The lowest BCUT2D eigenvalue weighted by molar-refractivity contribution is 0.111. The van der Waals surface area contributed by atoms with Gasteiger partial charge < -0.3 is 4.98 Å². The van der Waals surface area contributed by atoms with Crippen molar-refractivity contribution in [1.82, 2.24) is 4.98 Å². The van der Waals surface area contributed by atoms with Crippen molar-refractivity contribution < 1.29 is 4.79 Å². The summed E-state index contributed by atoms with van der Waals surface area (Å²) in [6, 6.07) is 5.87. The number of aromatic amines is 1. The number of carbonyl (C=O) groups is 1. The molecule has 0 fully saturated rings. The fourth-order valence-electron chi connectivity index (χ4n) is 1.07. The summed E-state index contributed by atoms with van der Waals surface area (Å²) in [7, 11) is 0. The van der Waals surface area contributed by atoms with Gasteiger partial charge in [-0.25, -0.2) is 0 Å². The molecule has 2 heterocycles. The molecule has 0 aliphatic rings. The lowest BCUT2D eigenvalue weighted by Gasteiger charge is -1.85. The zero-order valence-electron chi connectivity index (χ0n) is 6.28. The number of H-pyrrole nitrogens is 1. The van der Waals surface area contributed by atoms with Crippen LogP contribution in [0, 0.1) is 0 Å². The van der Waals surface area contributed by atoms with E-state index in [4.69, 9.17) is 0 Å². The van der Waals surface area contributed by atoms with Gasteiger partial charge in [-0.1, -0.05) is 6.07 Å².